The fraction of sp³-hybridized carbons (Fsp3) is 0.143. The van der Waals surface area contributed by atoms with E-state index in [1.807, 2.05) is 0 Å². The van der Waals surface area contributed by atoms with Gasteiger partial charge in [0.2, 0.25) is 0 Å². The van der Waals surface area contributed by atoms with Crippen molar-refractivity contribution in [2.24, 2.45) is 0 Å². The lowest BCUT2D eigenvalue weighted by Gasteiger charge is -2.02. The van der Waals surface area contributed by atoms with Crippen LogP contribution in [0, 0.1) is 12.7 Å². The predicted octanol–water partition coefficient (Wildman–Crippen LogP) is 1.68. The van der Waals surface area contributed by atoms with Gasteiger partial charge in [-0.3, -0.25) is 9.27 Å². The SMILES string of the molecule is Cc1ccc(NS(=O)O)c(F)c1. The average molecular weight is 189 g/mol. The van der Waals surface area contributed by atoms with Crippen LogP contribution in [0.25, 0.3) is 0 Å². The number of rotatable bonds is 2. The van der Waals surface area contributed by atoms with E-state index in [-0.39, 0.29) is 5.69 Å². The normalized spacial score (nSPS) is 12.6. The summed E-state index contributed by atoms with van der Waals surface area (Å²) in [5.41, 5.74) is 0.795. The topological polar surface area (TPSA) is 49.3 Å². The third kappa shape index (κ3) is 2.28. The zero-order chi connectivity index (χ0) is 9.14. The molecule has 0 saturated carbocycles. The molecule has 1 unspecified atom stereocenters. The fourth-order valence-electron chi connectivity index (χ4n) is 0.797. The molecule has 1 aromatic carbocycles. The van der Waals surface area contributed by atoms with Crippen LogP contribution in [0.4, 0.5) is 10.1 Å². The standard InChI is InChI=1S/C7H8FNO2S/c1-5-2-3-7(6(8)4-5)9-12(10)11/h2-4,9H,1H3,(H,10,11). The molecule has 0 aromatic heterocycles. The second-order valence-electron chi connectivity index (χ2n) is 2.33. The van der Waals surface area contributed by atoms with Crippen molar-refractivity contribution >= 4 is 17.0 Å². The maximum Gasteiger partial charge on any atom is 0.259 e. The van der Waals surface area contributed by atoms with E-state index in [0.717, 1.165) is 5.56 Å². The van der Waals surface area contributed by atoms with Crippen LogP contribution in [0.15, 0.2) is 18.2 Å². The number of anilines is 1. The highest BCUT2D eigenvalue weighted by molar-refractivity contribution is 7.80. The van der Waals surface area contributed by atoms with Gasteiger partial charge in [-0.1, -0.05) is 6.07 Å². The van der Waals surface area contributed by atoms with E-state index in [4.69, 9.17) is 4.55 Å². The molecule has 0 aliphatic carbocycles. The molecular weight excluding hydrogens is 181 g/mol. The molecule has 1 aromatic rings. The van der Waals surface area contributed by atoms with Gasteiger partial charge >= 0.3 is 0 Å². The van der Waals surface area contributed by atoms with Gasteiger partial charge in [-0.2, -0.15) is 0 Å². The first kappa shape index (κ1) is 9.15. The minimum Gasteiger partial charge on any atom is -0.289 e. The number of benzene rings is 1. The lowest BCUT2D eigenvalue weighted by Crippen LogP contribution is -2.03. The third-order valence-electron chi connectivity index (χ3n) is 1.32. The summed E-state index contributed by atoms with van der Waals surface area (Å²) in [5, 5.41) is 0. The second kappa shape index (κ2) is 3.64. The average Bonchev–Trinajstić information content (AvgIpc) is 1.94. The van der Waals surface area contributed by atoms with E-state index in [1.54, 1.807) is 13.0 Å². The quantitative estimate of drug-likeness (QED) is 0.695. The van der Waals surface area contributed by atoms with Crippen molar-refractivity contribution in [3.63, 3.8) is 0 Å². The van der Waals surface area contributed by atoms with Crippen molar-refractivity contribution < 1.29 is 13.2 Å². The molecule has 1 rings (SSSR count). The van der Waals surface area contributed by atoms with Crippen molar-refractivity contribution in [3.05, 3.63) is 29.6 Å². The van der Waals surface area contributed by atoms with Gasteiger partial charge in [-0.25, -0.2) is 8.60 Å². The molecule has 2 N–H and O–H groups in total. The summed E-state index contributed by atoms with van der Waals surface area (Å²) in [6.07, 6.45) is 0. The minimum atomic E-state index is -2.22. The number of halogens is 1. The number of nitrogens with one attached hydrogen (secondary N) is 1. The van der Waals surface area contributed by atoms with Gasteiger partial charge in [0.25, 0.3) is 11.3 Å². The van der Waals surface area contributed by atoms with Gasteiger partial charge in [0.15, 0.2) is 0 Å². The fourth-order valence-corrected chi connectivity index (χ4v) is 1.15. The summed E-state index contributed by atoms with van der Waals surface area (Å²) >= 11 is -2.22. The maximum absolute atomic E-state index is 12.9. The molecule has 0 radical (unpaired) electrons. The van der Waals surface area contributed by atoms with Gasteiger partial charge in [-0.15, -0.1) is 0 Å². The monoisotopic (exact) mass is 189 g/mol. The van der Waals surface area contributed by atoms with Gasteiger partial charge in [0, 0.05) is 0 Å². The van der Waals surface area contributed by atoms with Crippen molar-refractivity contribution in [2.45, 2.75) is 6.92 Å². The molecule has 0 saturated heterocycles. The van der Waals surface area contributed by atoms with Crippen LogP contribution >= 0.6 is 0 Å². The Morgan fingerprint density at radius 1 is 1.58 bits per heavy atom. The molecule has 0 amide bonds. The van der Waals surface area contributed by atoms with E-state index < -0.39 is 17.1 Å². The highest BCUT2D eigenvalue weighted by Gasteiger charge is 2.02. The molecule has 1 atom stereocenters. The zero-order valence-corrected chi connectivity index (χ0v) is 7.19. The number of aryl methyl sites for hydroxylation is 1. The lowest BCUT2D eigenvalue weighted by molar-refractivity contribution is 0.568. The van der Waals surface area contributed by atoms with E-state index in [1.165, 1.54) is 12.1 Å². The predicted molar refractivity (Wildman–Crippen MR) is 45.5 cm³/mol. The van der Waals surface area contributed by atoms with E-state index in [9.17, 15) is 8.60 Å². The molecule has 0 aliphatic rings. The van der Waals surface area contributed by atoms with Crippen molar-refractivity contribution in [1.29, 1.82) is 0 Å². The largest absolute Gasteiger partial charge is 0.289 e. The van der Waals surface area contributed by atoms with Crippen LogP contribution in [0.5, 0.6) is 0 Å². The number of hydrogen-bond acceptors (Lipinski definition) is 1. The van der Waals surface area contributed by atoms with Crippen molar-refractivity contribution in [3.8, 4) is 0 Å². The molecule has 0 spiro atoms. The van der Waals surface area contributed by atoms with Gasteiger partial charge in [-0.05, 0) is 24.6 Å². The first-order valence-electron chi connectivity index (χ1n) is 3.23. The Bertz CT molecular complexity index is 316. The van der Waals surface area contributed by atoms with Crippen LogP contribution in [-0.4, -0.2) is 8.76 Å². The van der Waals surface area contributed by atoms with Crippen LogP contribution in [-0.2, 0) is 11.3 Å². The molecule has 0 heterocycles. The molecule has 3 nitrogen and oxygen atoms in total. The first-order valence-corrected chi connectivity index (χ1v) is 4.34. The minimum absolute atomic E-state index is 0.0291. The van der Waals surface area contributed by atoms with Crippen LogP contribution in [0.1, 0.15) is 5.56 Å². The van der Waals surface area contributed by atoms with Gasteiger partial charge in [0.05, 0.1) is 5.69 Å². The van der Waals surface area contributed by atoms with Crippen LogP contribution < -0.4 is 4.72 Å². The molecule has 0 aliphatic heterocycles. The lowest BCUT2D eigenvalue weighted by atomic mass is 10.2. The zero-order valence-electron chi connectivity index (χ0n) is 6.37. The summed E-state index contributed by atoms with van der Waals surface area (Å²) in [7, 11) is 0. The summed E-state index contributed by atoms with van der Waals surface area (Å²) in [4.78, 5) is 0. The number of hydrogen-bond donors (Lipinski definition) is 2. The molecule has 0 bridgehead atoms. The van der Waals surface area contributed by atoms with Gasteiger partial charge < -0.3 is 0 Å². The third-order valence-corrected chi connectivity index (χ3v) is 1.72. The van der Waals surface area contributed by atoms with Crippen molar-refractivity contribution in [1.82, 2.24) is 0 Å². The van der Waals surface area contributed by atoms with Crippen LogP contribution in [0.2, 0.25) is 0 Å². The summed E-state index contributed by atoms with van der Waals surface area (Å²) < 4.78 is 33.6. The Hall–Kier alpha value is -0.940. The summed E-state index contributed by atoms with van der Waals surface area (Å²) in [6, 6.07) is 4.35. The molecule has 12 heavy (non-hydrogen) atoms. The Morgan fingerprint density at radius 3 is 2.75 bits per heavy atom. The maximum atomic E-state index is 12.9. The molecular formula is C7H8FNO2S. The van der Waals surface area contributed by atoms with Crippen molar-refractivity contribution in [2.75, 3.05) is 4.72 Å². The van der Waals surface area contributed by atoms with E-state index in [0.29, 0.717) is 0 Å². The van der Waals surface area contributed by atoms with Crippen LogP contribution in [0.3, 0.4) is 0 Å². The molecule has 5 heteroatoms. The summed E-state index contributed by atoms with van der Waals surface area (Å²) in [5.74, 6) is -0.530. The van der Waals surface area contributed by atoms with Gasteiger partial charge in [0.1, 0.15) is 5.82 Å². The summed E-state index contributed by atoms with van der Waals surface area (Å²) in [6.45, 7) is 1.74. The Kier molecular flexibility index (Phi) is 2.78. The van der Waals surface area contributed by atoms with E-state index >= 15 is 0 Å². The molecule has 0 fully saturated rings. The van der Waals surface area contributed by atoms with E-state index in [2.05, 4.69) is 4.72 Å². The Morgan fingerprint density at radius 2 is 2.25 bits per heavy atom. The smallest absolute Gasteiger partial charge is 0.259 e. The second-order valence-corrected chi connectivity index (χ2v) is 3.04. The Balaban J connectivity index is 2.93. The Labute approximate surface area is 72.0 Å². The highest BCUT2D eigenvalue weighted by Crippen LogP contribution is 2.15. The molecule has 66 valence electrons. The first-order chi connectivity index (χ1) is 5.59. The highest BCUT2D eigenvalue weighted by atomic mass is 32.2.